The molecule has 2 atom stereocenters. The van der Waals surface area contributed by atoms with Gasteiger partial charge in [0.2, 0.25) is 11.8 Å². The van der Waals surface area contributed by atoms with Crippen LogP contribution in [0.4, 0.5) is 11.5 Å². The van der Waals surface area contributed by atoms with Crippen LogP contribution < -0.4 is 5.32 Å². The summed E-state index contributed by atoms with van der Waals surface area (Å²) < 4.78 is 0. The molecule has 4 heterocycles. The molecule has 0 unspecified atom stereocenters. The smallest absolute Gasteiger partial charge is 0.228 e. The summed E-state index contributed by atoms with van der Waals surface area (Å²) in [4.78, 5) is 42.7. The molecule has 168 valence electrons. The molecular formula is C25H26N6O2. The van der Waals surface area contributed by atoms with Crippen molar-refractivity contribution in [2.45, 2.75) is 25.3 Å². The number of nitrogens with zero attached hydrogens (tertiary/aromatic N) is 5. The Bertz CT molecular complexity index is 1150. The molecule has 8 heteroatoms. The lowest BCUT2D eigenvalue weighted by Crippen LogP contribution is -2.37. The van der Waals surface area contributed by atoms with Crippen molar-refractivity contribution in [3.8, 4) is 11.3 Å². The fourth-order valence-corrected chi connectivity index (χ4v) is 4.57. The molecule has 0 saturated carbocycles. The van der Waals surface area contributed by atoms with E-state index in [2.05, 4.69) is 10.3 Å². The van der Waals surface area contributed by atoms with Crippen molar-refractivity contribution in [3.63, 3.8) is 0 Å². The average Bonchev–Trinajstić information content (AvgIpc) is 3.46. The van der Waals surface area contributed by atoms with Gasteiger partial charge in [-0.25, -0.2) is 9.97 Å². The molecule has 0 aliphatic carbocycles. The standard InChI is InChI=1S/C25H26N6O2/c1-30-16-18(13-23(30)32)25(33)31-12-6-10-21(31)24-28-20(17-7-5-11-26-15-17)14-22(29-24)27-19-8-3-2-4-9-19/h2-5,7-9,11,14-15,18,21H,6,10,12-13,16H2,1H3,(H,27,28,29)/t18-,21+/m1/s1. The number of likely N-dealkylation sites (tertiary alicyclic amines) is 2. The lowest BCUT2D eigenvalue weighted by atomic mass is 10.1. The second-order valence-electron chi connectivity index (χ2n) is 8.59. The van der Waals surface area contributed by atoms with E-state index in [1.54, 1.807) is 24.3 Å². The highest BCUT2D eigenvalue weighted by molar-refractivity contribution is 5.89. The Balaban J connectivity index is 1.48. The van der Waals surface area contributed by atoms with E-state index in [4.69, 9.17) is 9.97 Å². The molecule has 2 aromatic heterocycles. The lowest BCUT2D eigenvalue weighted by molar-refractivity contribution is -0.136. The molecule has 2 aliphatic heterocycles. The van der Waals surface area contributed by atoms with Gasteiger partial charge >= 0.3 is 0 Å². The number of pyridine rings is 1. The Labute approximate surface area is 192 Å². The van der Waals surface area contributed by atoms with Gasteiger partial charge in [0.1, 0.15) is 5.82 Å². The molecular weight excluding hydrogens is 416 g/mol. The number of carbonyl (C=O) groups is 2. The number of aromatic nitrogens is 3. The average molecular weight is 443 g/mol. The molecule has 0 bridgehead atoms. The normalized spacial score (nSPS) is 20.3. The molecule has 1 aromatic carbocycles. The summed E-state index contributed by atoms with van der Waals surface area (Å²) >= 11 is 0. The minimum atomic E-state index is -0.300. The van der Waals surface area contributed by atoms with Crippen molar-refractivity contribution in [3.05, 3.63) is 66.7 Å². The van der Waals surface area contributed by atoms with Crippen LogP contribution in [0.2, 0.25) is 0 Å². The quantitative estimate of drug-likeness (QED) is 0.651. The van der Waals surface area contributed by atoms with Crippen LogP contribution in [0.1, 0.15) is 31.1 Å². The Morgan fingerprint density at radius 2 is 1.97 bits per heavy atom. The first kappa shape index (κ1) is 21.1. The highest BCUT2D eigenvalue weighted by atomic mass is 16.2. The van der Waals surface area contributed by atoms with Gasteiger partial charge < -0.3 is 15.1 Å². The molecule has 5 rings (SSSR count). The van der Waals surface area contributed by atoms with Crippen molar-refractivity contribution in [2.24, 2.45) is 5.92 Å². The third kappa shape index (κ3) is 4.41. The summed E-state index contributed by atoms with van der Waals surface area (Å²) in [6.07, 6.45) is 5.45. The van der Waals surface area contributed by atoms with Crippen molar-refractivity contribution in [2.75, 3.05) is 25.5 Å². The van der Waals surface area contributed by atoms with E-state index in [0.29, 0.717) is 24.7 Å². The molecule has 8 nitrogen and oxygen atoms in total. The van der Waals surface area contributed by atoms with Gasteiger partial charge in [0, 0.05) is 56.3 Å². The number of carbonyl (C=O) groups excluding carboxylic acids is 2. The fraction of sp³-hybridized carbons (Fsp3) is 0.320. The van der Waals surface area contributed by atoms with Gasteiger partial charge in [-0.05, 0) is 37.1 Å². The maximum absolute atomic E-state index is 13.3. The zero-order chi connectivity index (χ0) is 22.8. The van der Waals surface area contributed by atoms with Gasteiger partial charge in [-0.3, -0.25) is 14.6 Å². The van der Waals surface area contributed by atoms with Crippen LogP contribution in [0.5, 0.6) is 0 Å². The minimum Gasteiger partial charge on any atom is -0.345 e. The zero-order valence-corrected chi connectivity index (χ0v) is 18.5. The van der Waals surface area contributed by atoms with Crippen LogP contribution in [0.15, 0.2) is 60.9 Å². The van der Waals surface area contributed by atoms with E-state index >= 15 is 0 Å². The van der Waals surface area contributed by atoms with E-state index in [1.807, 2.05) is 53.4 Å². The summed E-state index contributed by atoms with van der Waals surface area (Å²) in [5.41, 5.74) is 2.56. The van der Waals surface area contributed by atoms with Gasteiger partial charge in [-0.1, -0.05) is 18.2 Å². The number of hydrogen-bond donors (Lipinski definition) is 1. The van der Waals surface area contributed by atoms with Crippen LogP contribution in [0, 0.1) is 5.92 Å². The molecule has 2 aliphatic rings. The Hall–Kier alpha value is -3.81. The van der Waals surface area contributed by atoms with Crippen molar-refractivity contribution < 1.29 is 9.59 Å². The number of benzene rings is 1. The highest BCUT2D eigenvalue weighted by Gasteiger charge is 2.40. The van der Waals surface area contributed by atoms with Crippen LogP contribution in [-0.2, 0) is 9.59 Å². The first-order valence-corrected chi connectivity index (χ1v) is 11.2. The van der Waals surface area contributed by atoms with Crippen molar-refractivity contribution in [1.29, 1.82) is 0 Å². The van der Waals surface area contributed by atoms with Gasteiger partial charge in [0.05, 0.1) is 17.7 Å². The van der Waals surface area contributed by atoms with Crippen molar-refractivity contribution in [1.82, 2.24) is 24.8 Å². The van der Waals surface area contributed by atoms with E-state index < -0.39 is 0 Å². The number of para-hydroxylation sites is 1. The summed E-state index contributed by atoms with van der Waals surface area (Å²) in [5.74, 6) is 1.02. The van der Waals surface area contributed by atoms with Gasteiger partial charge in [0.25, 0.3) is 0 Å². The summed E-state index contributed by atoms with van der Waals surface area (Å²) in [5, 5.41) is 3.36. The van der Waals surface area contributed by atoms with Crippen LogP contribution in [0.3, 0.4) is 0 Å². The summed E-state index contributed by atoms with van der Waals surface area (Å²) in [7, 11) is 1.75. The Morgan fingerprint density at radius 3 is 2.70 bits per heavy atom. The molecule has 1 N–H and O–H groups in total. The fourth-order valence-electron chi connectivity index (χ4n) is 4.57. The number of amides is 2. The van der Waals surface area contributed by atoms with E-state index in [0.717, 1.165) is 29.8 Å². The van der Waals surface area contributed by atoms with Gasteiger partial charge in [-0.2, -0.15) is 0 Å². The molecule has 2 amide bonds. The van der Waals surface area contributed by atoms with E-state index in [-0.39, 0.29) is 30.2 Å². The predicted molar refractivity (Wildman–Crippen MR) is 124 cm³/mol. The Morgan fingerprint density at radius 1 is 1.12 bits per heavy atom. The monoisotopic (exact) mass is 442 g/mol. The second kappa shape index (κ2) is 8.97. The molecule has 3 aromatic rings. The molecule has 2 saturated heterocycles. The number of nitrogens with one attached hydrogen (secondary N) is 1. The largest absolute Gasteiger partial charge is 0.345 e. The van der Waals surface area contributed by atoms with Crippen LogP contribution in [-0.4, -0.2) is 56.7 Å². The van der Waals surface area contributed by atoms with E-state index in [9.17, 15) is 9.59 Å². The minimum absolute atomic E-state index is 0.0168. The maximum atomic E-state index is 13.3. The molecule has 2 fully saturated rings. The van der Waals surface area contributed by atoms with Gasteiger partial charge in [-0.15, -0.1) is 0 Å². The highest BCUT2D eigenvalue weighted by Crippen LogP contribution is 2.35. The van der Waals surface area contributed by atoms with Gasteiger partial charge in [0.15, 0.2) is 5.82 Å². The zero-order valence-electron chi connectivity index (χ0n) is 18.5. The predicted octanol–water partition coefficient (Wildman–Crippen LogP) is 3.42. The number of hydrogen-bond acceptors (Lipinski definition) is 6. The molecule has 0 radical (unpaired) electrons. The first-order chi connectivity index (χ1) is 16.1. The number of rotatable bonds is 5. The SMILES string of the molecule is CN1C[C@H](C(=O)N2CCC[C@H]2c2nc(Nc3ccccc3)cc(-c3cccnc3)n2)CC1=O. The third-order valence-electron chi connectivity index (χ3n) is 6.27. The second-order valence-corrected chi connectivity index (χ2v) is 8.59. The lowest BCUT2D eigenvalue weighted by Gasteiger charge is -2.26. The number of anilines is 2. The summed E-state index contributed by atoms with van der Waals surface area (Å²) in [6, 6.07) is 15.4. The van der Waals surface area contributed by atoms with Crippen LogP contribution >= 0.6 is 0 Å². The topological polar surface area (TPSA) is 91.3 Å². The molecule has 0 spiro atoms. The first-order valence-electron chi connectivity index (χ1n) is 11.2. The maximum Gasteiger partial charge on any atom is 0.228 e. The third-order valence-corrected chi connectivity index (χ3v) is 6.27. The van der Waals surface area contributed by atoms with E-state index in [1.165, 1.54) is 0 Å². The molecule has 33 heavy (non-hydrogen) atoms. The van der Waals surface area contributed by atoms with Crippen molar-refractivity contribution >= 4 is 23.3 Å². The summed E-state index contributed by atoms with van der Waals surface area (Å²) in [6.45, 7) is 1.12. The Kier molecular flexibility index (Phi) is 5.73. The van der Waals surface area contributed by atoms with Crippen LogP contribution in [0.25, 0.3) is 11.3 Å².